The molecule has 0 N–H and O–H groups in total. The van der Waals surface area contributed by atoms with E-state index in [1.165, 1.54) is 0 Å². The maximum absolute atomic E-state index is 12.0. The lowest BCUT2D eigenvalue weighted by molar-refractivity contribution is -0.231. The first-order valence-corrected chi connectivity index (χ1v) is 5.61. The van der Waals surface area contributed by atoms with Crippen LogP contribution in [-0.4, -0.2) is 11.8 Å². The lowest BCUT2D eigenvalue weighted by atomic mass is 10.1. The number of hydrogen-bond acceptors (Lipinski definition) is 1. The highest BCUT2D eigenvalue weighted by Crippen LogP contribution is 2.54. The molecule has 0 aliphatic rings. The summed E-state index contributed by atoms with van der Waals surface area (Å²) >= 11 is 10.2. The van der Waals surface area contributed by atoms with Gasteiger partial charge in [-0.05, 0) is 36.3 Å². The Kier molecular flexibility index (Phi) is 3.90. The Hall–Kier alpha value is 0.760. The van der Waals surface area contributed by atoms with E-state index >= 15 is 0 Å². The van der Waals surface area contributed by atoms with Crippen LogP contribution >= 0.6 is 29.3 Å². The first kappa shape index (κ1) is 11.8. The van der Waals surface area contributed by atoms with Gasteiger partial charge >= 0.3 is 6.18 Å². The first-order valence-electron chi connectivity index (χ1n) is 2.54. The summed E-state index contributed by atoms with van der Waals surface area (Å²) in [6.45, 7) is -0.292. The maximum atomic E-state index is 12.0. The van der Waals surface area contributed by atoms with Gasteiger partial charge < -0.3 is 4.52 Å². The Morgan fingerprint density at radius 3 is 1.64 bits per heavy atom. The molecule has 68 valence electrons. The van der Waals surface area contributed by atoms with Crippen molar-refractivity contribution in [2.45, 2.75) is 25.6 Å². The third-order valence-corrected chi connectivity index (χ3v) is 1.99. The van der Waals surface area contributed by atoms with E-state index in [1.807, 2.05) is 0 Å². The molecule has 0 bridgehead atoms. The topological polar surface area (TPSA) is 9.23 Å². The molecule has 0 fully saturated rings. The molecule has 0 heterocycles. The van der Waals surface area contributed by atoms with Crippen molar-refractivity contribution in [2.75, 3.05) is 0 Å². The normalized spacial score (nSPS) is 14.2. The van der Waals surface area contributed by atoms with Crippen molar-refractivity contribution in [3.63, 3.8) is 0 Å². The van der Waals surface area contributed by atoms with Crippen LogP contribution in [0.1, 0.15) is 13.8 Å². The van der Waals surface area contributed by atoms with Crippen LogP contribution in [0.25, 0.3) is 0 Å². The van der Waals surface area contributed by atoms with Gasteiger partial charge in [-0.15, -0.1) is 0 Å². The molecule has 0 aromatic heterocycles. The summed E-state index contributed by atoms with van der Waals surface area (Å²) in [5, 5.41) is 0. The fraction of sp³-hybridized carbons (Fsp3) is 1.00. The number of alkyl halides is 3. The zero-order valence-corrected chi connectivity index (χ0v) is 8.15. The largest absolute Gasteiger partial charge is 0.417 e. The lowest BCUT2D eigenvalue weighted by Crippen LogP contribution is -2.39. The van der Waals surface area contributed by atoms with E-state index in [2.05, 4.69) is 4.52 Å². The maximum Gasteiger partial charge on any atom is 0.417 e. The van der Waals surface area contributed by atoms with Gasteiger partial charge in [-0.2, -0.15) is 13.2 Å². The van der Waals surface area contributed by atoms with Crippen molar-refractivity contribution < 1.29 is 17.7 Å². The van der Waals surface area contributed by atoms with Crippen LogP contribution in [0.3, 0.4) is 0 Å². The minimum absolute atomic E-state index is 0.868. The molecule has 0 aromatic carbocycles. The second kappa shape index (κ2) is 3.65. The number of rotatable bonds is 2. The Balaban J connectivity index is 4.22. The summed E-state index contributed by atoms with van der Waals surface area (Å²) in [4.78, 5) is 0. The molecule has 0 spiro atoms. The van der Waals surface area contributed by atoms with Gasteiger partial charge in [0, 0.05) is 0 Å². The van der Waals surface area contributed by atoms with Crippen LogP contribution in [-0.2, 0) is 4.52 Å². The van der Waals surface area contributed by atoms with Crippen molar-refractivity contribution in [3.8, 4) is 0 Å². The SMILES string of the molecule is CC(C)(OP(Cl)Cl)C(F)(F)F. The van der Waals surface area contributed by atoms with Gasteiger partial charge in [0.25, 0.3) is 0 Å². The second-order valence-corrected chi connectivity index (χ2v) is 5.25. The summed E-state index contributed by atoms with van der Waals surface area (Å²) in [6.07, 6.45) is -4.45. The summed E-state index contributed by atoms with van der Waals surface area (Å²) in [5.74, 6) is 0. The summed E-state index contributed by atoms with van der Waals surface area (Å²) in [5.41, 5.74) is -2.28. The fourth-order valence-electron chi connectivity index (χ4n) is 0.224. The number of hydrogen-bond donors (Lipinski definition) is 0. The van der Waals surface area contributed by atoms with E-state index in [0.29, 0.717) is 0 Å². The van der Waals surface area contributed by atoms with Gasteiger partial charge in [-0.3, -0.25) is 0 Å². The van der Waals surface area contributed by atoms with Crippen molar-refractivity contribution in [1.29, 1.82) is 0 Å². The quantitative estimate of drug-likeness (QED) is 0.649. The second-order valence-electron chi connectivity index (χ2n) is 2.30. The molecule has 1 nitrogen and oxygen atoms in total. The van der Waals surface area contributed by atoms with Gasteiger partial charge in [0.1, 0.15) is 0 Å². The van der Waals surface area contributed by atoms with Crippen LogP contribution in [0.5, 0.6) is 0 Å². The predicted octanol–water partition coefficient (Wildman–Crippen LogP) is 4.05. The van der Waals surface area contributed by atoms with Crippen LogP contribution < -0.4 is 0 Å². The van der Waals surface area contributed by atoms with Crippen molar-refractivity contribution in [2.24, 2.45) is 0 Å². The Morgan fingerprint density at radius 2 is 1.55 bits per heavy atom. The standard InChI is InChI=1S/C4H6Cl2F3OP/c1-3(2,4(7,8)9)10-11(5)6/h1-2H3. The third kappa shape index (κ3) is 3.79. The third-order valence-electron chi connectivity index (χ3n) is 0.980. The molecular formula is C4H6Cl2F3OP. The predicted molar refractivity (Wildman–Crippen MR) is 39.8 cm³/mol. The van der Waals surface area contributed by atoms with E-state index in [1.54, 1.807) is 0 Å². The van der Waals surface area contributed by atoms with Crippen LogP contribution in [0.4, 0.5) is 13.2 Å². The van der Waals surface area contributed by atoms with Gasteiger partial charge in [-0.25, -0.2) is 0 Å². The van der Waals surface area contributed by atoms with E-state index < -0.39 is 18.6 Å². The van der Waals surface area contributed by atoms with E-state index in [4.69, 9.17) is 22.5 Å². The molecular weight excluding hydrogens is 223 g/mol. The van der Waals surface area contributed by atoms with Gasteiger partial charge in [0.15, 0.2) is 5.60 Å². The van der Waals surface area contributed by atoms with Crippen LogP contribution in [0.15, 0.2) is 0 Å². The molecule has 0 radical (unpaired) electrons. The number of halogens is 5. The highest BCUT2D eigenvalue weighted by Gasteiger charge is 2.49. The Bertz CT molecular complexity index is 136. The molecule has 0 saturated heterocycles. The molecule has 0 atom stereocenters. The molecule has 0 aliphatic heterocycles. The molecule has 0 unspecified atom stereocenters. The van der Waals surface area contributed by atoms with Gasteiger partial charge in [0.2, 0.25) is 6.85 Å². The molecule has 0 saturated carbocycles. The van der Waals surface area contributed by atoms with Gasteiger partial charge in [0.05, 0.1) is 0 Å². The van der Waals surface area contributed by atoms with Crippen LogP contribution in [0, 0.1) is 0 Å². The van der Waals surface area contributed by atoms with Crippen molar-refractivity contribution in [1.82, 2.24) is 0 Å². The summed E-state index contributed by atoms with van der Waals surface area (Å²) in [6, 6.07) is 0. The average molecular weight is 229 g/mol. The molecule has 11 heavy (non-hydrogen) atoms. The molecule has 7 heteroatoms. The minimum Gasteiger partial charge on any atom is -0.316 e. The van der Waals surface area contributed by atoms with Gasteiger partial charge in [-0.1, -0.05) is 0 Å². The molecule has 0 aromatic rings. The van der Waals surface area contributed by atoms with Crippen molar-refractivity contribution in [3.05, 3.63) is 0 Å². The highest BCUT2D eigenvalue weighted by molar-refractivity contribution is 8.00. The zero-order valence-electron chi connectivity index (χ0n) is 5.75. The fourth-order valence-corrected chi connectivity index (χ4v) is 1.71. The van der Waals surface area contributed by atoms with E-state index in [-0.39, 0.29) is 0 Å². The summed E-state index contributed by atoms with van der Waals surface area (Å²) < 4.78 is 40.2. The molecule has 0 aliphatic carbocycles. The highest BCUT2D eigenvalue weighted by atomic mass is 35.9. The molecule has 0 amide bonds. The monoisotopic (exact) mass is 228 g/mol. The van der Waals surface area contributed by atoms with E-state index in [9.17, 15) is 13.2 Å². The summed E-state index contributed by atoms with van der Waals surface area (Å²) in [7, 11) is 0. The first-order chi connectivity index (χ1) is 4.67. The van der Waals surface area contributed by atoms with Crippen LogP contribution in [0.2, 0.25) is 0 Å². The Morgan fingerprint density at radius 1 is 1.18 bits per heavy atom. The van der Waals surface area contributed by atoms with Crippen molar-refractivity contribution >= 4 is 29.3 Å². The lowest BCUT2D eigenvalue weighted by Gasteiger charge is -2.27. The average Bonchev–Trinajstić information content (AvgIpc) is 1.56. The minimum atomic E-state index is -4.45. The smallest absolute Gasteiger partial charge is 0.316 e. The van der Waals surface area contributed by atoms with E-state index in [0.717, 1.165) is 13.8 Å². The Labute approximate surface area is 73.2 Å². The molecule has 0 rings (SSSR count). The zero-order chi connectivity index (χ0) is 9.28.